The molecule has 10 heavy (non-hydrogen) atoms. The van der Waals surface area contributed by atoms with Gasteiger partial charge in [0, 0.05) is 9.52 Å². The van der Waals surface area contributed by atoms with Crippen molar-refractivity contribution in [3.63, 3.8) is 0 Å². The Bertz CT molecular complexity index is 64.3. The molecule has 62 valence electrons. The summed E-state index contributed by atoms with van der Waals surface area (Å²) in [5.74, 6) is 0. The van der Waals surface area contributed by atoms with Gasteiger partial charge in [0.2, 0.25) is 0 Å². The second-order valence-corrected chi connectivity index (χ2v) is 4.48. The summed E-state index contributed by atoms with van der Waals surface area (Å²) in [7, 11) is 0.273. The van der Waals surface area contributed by atoms with E-state index in [4.69, 9.17) is 0 Å². The van der Waals surface area contributed by atoms with Gasteiger partial charge in [0.05, 0.1) is 0 Å². The molecule has 0 atom stereocenters. The van der Waals surface area contributed by atoms with E-state index in [1.165, 1.54) is 31.4 Å². The molecule has 0 aromatic rings. The fourth-order valence-electron chi connectivity index (χ4n) is 0.892. The summed E-state index contributed by atoms with van der Waals surface area (Å²) in [6, 6.07) is 2.86. The van der Waals surface area contributed by atoms with Gasteiger partial charge in [0.25, 0.3) is 0 Å². The Morgan fingerprint density at radius 1 is 1.40 bits per heavy atom. The van der Waals surface area contributed by atoms with Gasteiger partial charge in [0.15, 0.2) is 0 Å². The third kappa shape index (κ3) is 10.8. The quantitative estimate of drug-likeness (QED) is 0.321. The zero-order valence-electron chi connectivity index (χ0n) is 7.03. The van der Waals surface area contributed by atoms with Gasteiger partial charge in [-0.15, -0.1) is 6.58 Å². The molecule has 0 fully saturated rings. The molecule has 0 radical (unpaired) electrons. The van der Waals surface area contributed by atoms with Crippen LogP contribution < -0.4 is 0 Å². The van der Waals surface area contributed by atoms with Crippen LogP contribution in [-0.4, -0.2) is 15.0 Å². The van der Waals surface area contributed by atoms with Crippen LogP contribution in [-0.2, 0) is 0 Å². The molecule has 1 nitrogen and oxygen atoms in total. The fraction of sp³-hybridized carbons (Fsp3) is 0.750. The van der Waals surface area contributed by atoms with Gasteiger partial charge in [-0.25, -0.2) is 0 Å². The van der Waals surface area contributed by atoms with Crippen LogP contribution in [0.5, 0.6) is 0 Å². The van der Waals surface area contributed by atoms with E-state index in [0.29, 0.717) is 0 Å². The molecule has 0 spiro atoms. The topological polar surface area (TPSA) is 31.5 Å². The molecule has 2 N–H and O–H groups in total. The molecular weight excluding hydrogens is 140 g/mol. The molecule has 0 saturated heterocycles. The van der Waals surface area contributed by atoms with Crippen molar-refractivity contribution in [3.8, 4) is 0 Å². The van der Waals surface area contributed by atoms with E-state index < -0.39 is 0 Å². The van der Waals surface area contributed by atoms with Crippen molar-refractivity contribution in [2.75, 3.05) is 0 Å². The summed E-state index contributed by atoms with van der Waals surface area (Å²) in [5.41, 5.74) is 0. The second kappa shape index (κ2) is 11.7. The second-order valence-electron chi connectivity index (χ2n) is 2.49. The van der Waals surface area contributed by atoms with Crippen LogP contribution in [0.2, 0.25) is 12.1 Å². The zero-order valence-corrected chi connectivity index (χ0v) is 8.44. The molecule has 0 heterocycles. The van der Waals surface area contributed by atoms with Gasteiger partial charge in [-0.05, 0) is 6.04 Å². The van der Waals surface area contributed by atoms with Crippen molar-refractivity contribution in [3.05, 3.63) is 12.7 Å². The first-order valence-corrected chi connectivity index (χ1v) is 6.02. The number of rotatable bonds is 6. The predicted octanol–water partition coefficient (Wildman–Crippen LogP) is 1.54. The molecule has 0 aliphatic heterocycles. The van der Waals surface area contributed by atoms with E-state index in [1.54, 1.807) is 0 Å². The van der Waals surface area contributed by atoms with Crippen LogP contribution in [0.4, 0.5) is 0 Å². The maximum absolute atomic E-state index is 3.71. The molecular formula is C8H20OSi. The maximum Gasteiger partial charge on any atom is 0.0239 e. The van der Waals surface area contributed by atoms with Crippen LogP contribution in [0.1, 0.15) is 26.2 Å². The first-order valence-electron chi connectivity index (χ1n) is 4.02. The normalized spacial score (nSPS) is 9.70. The Morgan fingerprint density at radius 3 is 2.60 bits per heavy atom. The lowest BCUT2D eigenvalue weighted by Crippen LogP contribution is -1.85. The lowest BCUT2D eigenvalue weighted by molar-refractivity contribution is 0.768. The lowest BCUT2D eigenvalue weighted by Gasteiger charge is -1.93. The molecule has 0 aliphatic rings. The molecule has 0 unspecified atom stereocenters. The smallest absolute Gasteiger partial charge is 0.0239 e. The first-order chi connectivity index (χ1) is 4.41. The highest BCUT2D eigenvalue weighted by Crippen LogP contribution is 1.99. The van der Waals surface area contributed by atoms with Gasteiger partial charge in [-0.1, -0.05) is 38.3 Å². The van der Waals surface area contributed by atoms with E-state index in [9.17, 15) is 0 Å². The Kier molecular flexibility index (Phi) is 14.7. The summed E-state index contributed by atoms with van der Waals surface area (Å²) in [5, 5.41) is 0. The Labute approximate surface area is 66.7 Å². The Balaban J connectivity index is 0. The molecule has 0 aromatic carbocycles. The summed E-state index contributed by atoms with van der Waals surface area (Å²) in [4.78, 5) is 0. The summed E-state index contributed by atoms with van der Waals surface area (Å²) >= 11 is 0. The van der Waals surface area contributed by atoms with Crippen LogP contribution in [0.15, 0.2) is 12.7 Å². The van der Waals surface area contributed by atoms with Gasteiger partial charge < -0.3 is 5.48 Å². The van der Waals surface area contributed by atoms with Gasteiger partial charge in [0.1, 0.15) is 0 Å². The Hall–Kier alpha value is -0.0831. The SMILES string of the molecule is C=CC[SiH2]CCCCC.O. The Morgan fingerprint density at radius 2 is 2.10 bits per heavy atom. The van der Waals surface area contributed by atoms with E-state index >= 15 is 0 Å². The van der Waals surface area contributed by atoms with Crippen LogP contribution in [0.25, 0.3) is 0 Å². The van der Waals surface area contributed by atoms with E-state index in [-0.39, 0.29) is 15.0 Å². The van der Waals surface area contributed by atoms with Gasteiger partial charge >= 0.3 is 0 Å². The number of allylic oxidation sites excluding steroid dienone is 1. The highest BCUT2D eigenvalue weighted by molar-refractivity contribution is 6.35. The third-order valence-corrected chi connectivity index (χ3v) is 3.33. The largest absolute Gasteiger partial charge is 0.412 e. The van der Waals surface area contributed by atoms with Gasteiger partial charge in [-0.2, -0.15) is 0 Å². The van der Waals surface area contributed by atoms with Crippen LogP contribution >= 0.6 is 0 Å². The number of hydrogen-bond donors (Lipinski definition) is 0. The van der Waals surface area contributed by atoms with E-state index in [2.05, 4.69) is 19.6 Å². The van der Waals surface area contributed by atoms with Crippen molar-refractivity contribution < 1.29 is 5.48 Å². The van der Waals surface area contributed by atoms with Crippen molar-refractivity contribution in [1.82, 2.24) is 0 Å². The van der Waals surface area contributed by atoms with Crippen molar-refractivity contribution in [1.29, 1.82) is 0 Å². The first kappa shape index (κ1) is 12.6. The van der Waals surface area contributed by atoms with Crippen LogP contribution in [0.3, 0.4) is 0 Å². The highest BCUT2D eigenvalue weighted by atomic mass is 28.2. The standard InChI is InChI=1S/C8H18Si.H2O/c1-3-5-6-8-9-7-4-2;/h4H,2-3,5-9H2,1H3;1H2. The predicted molar refractivity (Wildman–Crippen MR) is 51.5 cm³/mol. The van der Waals surface area contributed by atoms with Crippen LogP contribution in [0, 0.1) is 0 Å². The molecule has 0 amide bonds. The monoisotopic (exact) mass is 160 g/mol. The number of hydrogen-bond acceptors (Lipinski definition) is 0. The molecule has 0 rings (SSSR count). The molecule has 0 aliphatic carbocycles. The minimum Gasteiger partial charge on any atom is -0.412 e. The lowest BCUT2D eigenvalue weighted by atomic mass is 10.3. The molecule has 0 aromatic heterocycles. The van der Waals surface area contributed by atoms with Crippen molar-refractivity contribution in [2.24, 2.45) is 0 Å². The molecule has 0 bridgehead atoms. The maximum atomic E-state index is 3.71. The average Bonchev–Trinajstić information content (AvgIpc) is 1.89. The average molecular weight is 160 g/mol. The zero-order chi connectivity index (χ0) is 6.95. The summed E-state index contributed by atoms with van der Waals surface area (Å²) in [6.07, 6.45) is 6.33. The van der Waals surface area contributed by atoms with E-state index in [0.717, 1.165) is 0 Å². The van der Waals surface area contributed by atoms with Crippen molar-refractivity contribution in [2.45, 2.75) is 38.3 Å². The highest BCUT2D eigenvalue weighted by Gasteiger charge is 1.85. The minimum absolute atomic E-state index is 0. The summed E-state index contributed by atoms with van der Waals surface area (Å²) < 4.78 is 0. The minimum atomic E-state index is 0. The van der Waals surface area contributed by atoms with Gasteiger partial charge in [-0.3, -0.25) is 0 Å². The van der Waals surface area contributed by atoms with E-state index in [1.807, 2.05) is 0 Å². The summed E-state index contributed by atoms with van der Waals surface area (Å²) in [6.45, 7) is 5.97. The van der Waals surface area contributed by atoms with Crippen molar-refractivity contribution >= 4 is 9.52 Å². The molecule has 0 saturated carbocycles. The fourth-order valence-corrected chi connectivity index (χ4v) is 2.18. The molecule has 2 heteroatoms. The third-order valence-electron chi connectivity index (χ3n) is 1.51. The number of unbranched alkanes of at least 4 members (excludes halogenated alkanes) is 2.